The molecule has 196 valence electrons. The summed E-state index contributed by atoms with van der Waals surface area (Å²) in [5.41, 5.74) is 6.18. The van der Waals surface area contributed by atoms with Gasteiger partial charge in [0.25, 0.3) is 11.8 Å². The van der Waals surface area contributed by atoms with Crippen molar-refractivity contribution in [3.63, 3.8) is 0 Å². The minimum absolute atomic E-state index is 0. The minimum atomic E-state index is -0.806. The number of nitrogens with two attached hydrogens (primary N) is 1. The third-order valence-electron chi connectivity index (χ3n) is 4.75. The number of ether oxygens (including phenoxy) is 1. The Bertz CT molecular complexity index is 1360. The van der Waals surface area contributed by atoms with E-state index >= 15 is 0 Å². The van der Waals surface area contributed by atoms with E-state index in [-0.39, 0.29) is 60.3 Å². The van der Waals surface area contributed by atoms with E-state index in [9.17, 15) is 23.6 Å². The van der Waals surface area contributed by atoms with Crippen molar-refractivity contribution in [2.24, 2.45) is 5.73 Å². The fraction of sp³-hybridized carbons (Fsp3) is 0.360. The van der Waals surface area contributed by atoms with Gasteiger partial charge in [-0.05, 0) is 45.4 Å². The average molecular weight is 513 g/mol. The Balaban J connectivity index is 0.000000695. The number of ketones is 2. The molecule has 11 nitrogen and oxygen atoms in total. The van der Waals surface area contributed by atoms with Crippen molar-refractivity contribution < 1.29 is 28.3 Å². The van der Waals surface area contributed by atoms with Gasteiger partial charge in [-0.3, -0.25) is 19.2 Å². The topological polar surface area (TPSA) is 158 Å². The van der Waals surface area contributed by atoms with Gasteiger partial charge < -0.3 is 21.1 Å². The molecular weight excluding hydrogens is 483 g/mol. The summed E-state index contributed by atoms with van der Waals surface area (Å²) < 4.78 is 20.4. The summed E-state index contributed by atoms with van der Waals surface area (Å²) in [5.74, 6) is -1.83. The molecule has 0 spiro atoms. The SMILES string of the molecule is CC(=O)CNC(=O)c1cc(C(=O)NCc2ccc3c(c2)CC(=O)CO3)nc2c(F)cnn12.CC(C)(C)N. The lowest BCUT2D eigenvalue weighted by Crippen LogP contribution is -2.31. The molecular formula is C25H29FN6O5. The van der Waals surface area contributed by atoms with Crippen LogP contribution in [0.2, 0.25) is 0 Å². The molecule has 0 unspecified atom stereocenters. The van der Waals surface area contributed by atoms with Crippen LogP contribution in [0.4, 0.5) is 4.39 Å². The number of amides is 2. The van der Waals surface area contributed by atoms with Gasteiger partial charge in [0.2, 0.25) is 0 Å². The highest BCUT2D eigenvalue weighted by Crippen LogP contribution is 2.24. The molecule has 0 saturated heterocycles. The van der Waals surface area contributed by atoms with Crippen LogP contribution in [-0.2, 0) is 22.6 Å². The lowest BCUT2D eigenvalue weighted by Gasteiger charge is -2.17. The summed E-state index contributed by atoms with van der Waals surface area (Å²) >= 11 is 0. The van der Waals surface area contributed by atoms with Gasteiger partial charge in [-0.1, -0.05) is 6.07 Å². The van der Waals surface area contributed by atoms with Crippen molar-refractivity contribution in [2.45, 2.75) is 46.2 Å². The molecule has 3 heterocycles. The summed E-state index contributed by atoms with van der Waals surface area (Å²) in [4.78, 5) is 51.8. The molecule has 37 heavy (non-hydrogen) atoms. The molecule has 1 aromatic carbocycles. The summed E-state index contributed by atoms with van der Waals surface area (Å²) in [6.45, 7) is 7.13. The van der Waals surface area contributed by atoms with Crippen molar-refractivity contribution in [3.05, 3.63) is 58.8 Å². The molecule has 3 aromatic rings. The van der Waals surface area contributed by atoms with Crippen LogP contribution in [-0.4, -0.2) is 56.7 Å². The number of nitrogens with zero attached hydrogens (tertiary/aromatic N) is 3. The van der Waals surface area contributed by atoms with Crippen molar-refractivity contribution >= 4 is 29.0 Å². The Morgan fingerprint density at radius 3 is 2.54 bits per heavy atom. The largest absolute Gasteiger partial charge is 0.486 e. The normalized spacial score (nSPS) is 12.6. The molecule has 0 saturated carbocycles. The molecule has 4 N–H and O–H groups in total. The molecule has 0 radical (unpaired) electrons. The zero-order chi connectivity index (χ0) is 27.3. The highest BCUT2D eigenvalue weighted by atomic mass is 19.1. The molecule has 0 aliphatic carbocycles. The minimum Gasteiger partial charge on any atom is -0.486 e. The number of halogens is 1. The van der Waals surface area contributed by atoms with Crippen LogP contribution < -0.4 is 21.1 Å². The molecule has 1 aliphatic rings. The van der Waals surface area contributed by atoms with Crippen LogP contribution in [0, 0.1) is 5.82 Å². The predicted octanol–water partition coefficient (Wildman–Crippen LogP) is 1.36. The van der Waals surface area contributed by atoms with Gasteiger partial charge in [-0.15, -0.1) is 0 Å². The first-order valence-corrected chi connectivity index (χ1v) is 11.5. The fourth-order valence-corrected chi connectivity index (χ4v) is 3.23. The van der Waals surface area contributed by atoms with Crippen LogP contribution in [0.3, 0.4) is 0 Å². The Hall–Kier alpha value is -4.19. The molecule has 0 fully saturated rings. The highest BCUT2D eigenvalue weighted by molar-refractivity contribution is 5.99. The van der Waals surface area contributed by atoms with Crippen molar-refractivity contribution in [3.8, 4) is 5.75 Å². The highest BCUT2D eigenvalue weighted by Gasteiger charge is 2.21. The summed E-state index contributed by atoms with van der Waals surface area (Å²) in [6, 6.07) is 6.42. The molecule has 0 bridgehead atoms. The average Bonchev–Trinajstić information content (AvgIpc) is 3.19. The summed E-state index contributed by atoms with van der Waals surface area (Å²) in [5, 5.41) is 8.82. The lowest BCUT2D eigenvalue weighted by molar-refractivity contribution is -0.121. The van der Waals surface area contributed by atoms with Gasteiger partial charge in [-0.25, -0.2) is 13.9 Å². The second-order valence-electron chi connectivity index (χ2n) is 9.63. The number of nitrogens with one attached hydrogen (secondary N) is 2. The maximum Gasteiger partial charge on any atom is 0.270 e. The summed E-state index contributed by atoms with van der Waals surface area (Å²) in [6.07, 6.45) is 1.14. The number of hydrogen-bond acceptors (Lipinski definition) is 8. The third-order valence-corrected chi connectivity index (χ3v) is 4.75. The molecule has 12 heteroatoms. The maximum absolute atomic E-state index is 14.1. The number of benzene rings is 1. The molecule has 4 rings (SSSR count). The first kappa shape index (κ1) is 27.4. The third kappa shape index (κ3) is 7.64. The number of fused-ring (bicyclic) bond motifs is 2. The van der Waals surface area contributed by atoms with Gasteiger partial charge in [-0.2, -0.15) is 5.10 Å². The standard InChI is InChI=1S/C21H18FN5O5.C4H11N/c1-11(28)7-23-21(31)17-6-16(26-19-15(22)9-25-27(17)19)20(30)24-8-12-2-3-18-13(4-12)5-14(29)10-32-18;1-4(2,3)5/h2-4,6,9H,5,7-8,10H2,1H3,(H,23,31)(H,24,30);5H2,1-3H3. The molecule has 2 amide bonds. The van der Waals surface area contributed by atoms with E-state index in [0.717, 1.165) is 21.8 Å². The monoisotopic (exact) mass is 512 g/mol. The van der Waals surface area contributed by atoms with Crippen LogP contribution in [0.15, 0.2) is 30.5 Å². The van der Waals surface area contributed by atoms with E-state index in [2.05, 4.69) is 20.7 Å². The van der Waals surface area contributed by atoms with E-state index in [1.807, 2.05) is 20.8 Å². The van der Waals surface area contributed by atoms with E-state index < -0.39 is 17.6 Å². The van der Waals surface area contributed by atoms with Crippen LogP contribution >= 0.6 is 0 Å². The maximum atomic E-state index is 14.1. The lowest BCUT2D eigenvalue weighted by atomic mass is 10.0. The summed E-state index contributed by atoms with van der Waals surface area (Å²) in [7, 11) is 0. The van der Waals surface area contributed by atoms with Crippen molar-refractivity contribution in [1.29, 1.82) is 0 Å². The van der Waals surface area contributed by atoms with Gasteiger partial charge >= 0.3 is 0 Å². The quantitative estimate of drug-likeness (QED) is 0.447. The van der Waals surface area contributed by atoms with Gasteiger partial charge in [0.1, 0.15) is 29.5 Å². The predicted molar refractivity (Wildman–Crippen MR) is 132 cm³/mol. The molecule has 0 atom stereocenters. The van der Waals surface area contributed by atoms with E-state index in [1.165, 1.54) is 13.0 Å². The van der Waals surface area contributed by atoms with Crippen molar-refractivity contribution in [1.82, 2.24) is 25.2 Å². The van der Waals surface area contributed by atoms with Crippen LogP contribution in [0.25, 0.3) is 5.65 Å². The van der Waals surface area contributed by atoms with Gasteiger partial charge in [0.15, 0.2) is 17.2 Å². The zero-order valence-corrected chi connectivity index (χ0v) is 21.1. The van der Waals surface area contributed by atoms with E-state index in [4.69, 9.17) is 10.5 Å². The number of hydrogen-bond donors (Lipinski definition) is 3. The Kier molecular flexibility index (Phi) is 8.33. The van der Waals surface area contributed by atoms with Crippen molar-refractivity contribution in [2.75, 3.05) is 13.2 Å². The molecule has 1 aliphatic heterocycles. The second kappa shape index (κ2) is 11.2. The van der Waals surface area contributed by atoms with Crippen LogP contribution in [0.1, 0.15) is 59.8 Å². The zero-order valence-electron chi connectivity index (χ0n) is 21.1. The smallest absolute Gasteiger partial charge is 0.270 e. The fourth-order valence-electron chi connectivity index (χ4n) is 3.23. The number of carbonyl (C=O) groups is 4. The first-order chi connectivity index (χ1) is 17.3. The number of rotatable bonds is 6. The Morgan fingerprint density at radius 2 is 1.86 bits per heavy atom. The molecule has 2 aromatic heterocycles. The van der Waals surface area contributed by atoms with E-state index in [0.29, 0.717) is 5.75 Å². The van der Waals surface area contributed by atoms with Crippen LogP contribution in [0.5, 0.6) is 5.75 Å². The van der Waals surface area contributed by atoms with Gasteiger partial charge in [0.05, 0.1) is 12.7 Å². The first-order valence-electron chi connectivity index (χ1n) is 11.5. The second-order valence-corrected chi connectivity index (χ2v) is 9.63. The Morgan fingerprint density at radius 1 is 1.16 bits per heavy atom. The number of aromatic nitrogens is 3. The van der Waals surface area contributed by atoms with Gasteiger partial charge in [0, 0.05) is 30.1 Å². The Labute approximate surface area is 212 Å². The number of carbonyl (C=O) groups excluding carboxylic acids is 4. The number of Topliss-reactive ketones (excluding diaryl/α,β-unsaturated/α-hetero) is 2. The van der Waals surface area contributed by atoms with E-state index in [1.54, 1.807) is 18.2 Å².